The summed E-state index contributed by atoms with van der Waals surface area (Å²) in [7, 11) is -3.76. The van der Waals surface area contributed by atoms with Crippen molar-refractivity contribution in [2.24, 2.45) is 0 Å². The molecule has 158 valence electrons. The SMILES string of the molecule is Cc1ccc(S(=O)(=O)NCCC(=O)NC(C)c2cccc(C(F)(F)F)c2)c(C)c1. The Labute approximate surface area is 168 Å². The minimum absolute atomic E-state index is 0.128. The molecule has 0 heterocycles. The number of halogens is 3. The molecule has 0 aliphatic heterocycles. The summed E-state index contributed by atoms with van der Waals surface area (Å²) in [5, 5.41) is 2.58. The predicted molar refractivity (Wildman–Crippen MR) is 104 cm³/mol. The number of hydrogen-bond acceptors (Lipinski definition) is 3. The van der Waals surface area contributed by atoms with Crippen molar-refractivity contribution in [3.63, 3.8) is 0 Å². The van der Waals surface area contributed by atoms with Gasteiger partial charge < -0.3 is 5.32 Å². The van der Waals surface area contributed by atoms with Crippen LogP contribution in [0.25, 0.3) is 0 Å². The van der Waals surface area contributed by atoms with Gasteiger partial charge in [0, 0.05) is 13.0 Å². The first kappa shape index (κ1) is 22.9. The summed E-state index contributed by atoms with van der Waals surface area (Å²) < 4.78 is 65.5. The molecule has 0 aromatic heterocycles. The zero-order chi connectivity index (χ0) is 21.8. The number of alkyl halides is 3. The maximum atomic E-state index is 12.8. The standard InChI is InChI=1S/C20H23F3N2O3S/c1-13-7-8-18(14(2)11-13)29(27,28)24-10-9-19(26)25-15(3)16-5-4-6-17(12-16)20(21,22)23/h4-8,11-12,15,24H,9-10H2,1-3H3,(H,25,26). The Morgan fingerprint density at radius 3 is 2.41 bits per heavy atom. The van der Waals surface area contributed by atoms with Gasteiger partial charge in [0.05, 0.1) is 16.5 Å². The zero-order valence-corrected chi connectivity index (χ0v) is 17.1. The fourth-order valence-electron chi connectivity index (χ4n) is 2.86. The van der Waals surface area contributed by atoms with Gasteiger partial charge in [-0.05, 0) is 50.1 Å². The third-order valence-electron chi connectivity index (χ3n) is 4.36. The summed E-state index contributed by atoms with van der Waals surface area (Å²) in [4.78, 5) is 12.2. The van der Waals surface area contributed by atoms with E-state index in [-0.39, 0.29) is 17.9 Å². The van der Waals surface area contributed by atoms with Crippen LogP contribution in [-0.4, -0.2) is 20.9 Å². The van der Waals surface area contributed by atoms with E-state index in [1.165, 1.54) is 18.2 Å². The van der Waals surface area contributed by atoms with Crippen molar-refractivity contribution in [1.82, 2.24) is 10.0 Å². The van der Waals surface area contributed by atoms with E-state index in [1.807, 2.05) is 6.92 Å². The molecule has 5 nitrogen and oxygen atoms in total. The number of amides is 1. The van der Waals surface area contributed by atoms with E-state index in [0.717, 1.165) is 17.7 Å². The second kappa shape index (κ2) is 8.96. The Bertz CT molecular complexity index is 989. The third kappa shape index (κ3) is 6.30. The highest BCUT2D eigenvalue weighted by atomic mass is 32.2. The fraction of sp³-hybridized carbons (Fsp3) is 0.350. The Morgan fingerprint density at radius 1 is 1.10 bits per heavy atom. The molecule has 0 aliphatic carbocycles. The normalized spacial score (nSPS) is 13.2. The van der Waals surface area contributed by atoms with E-state index >= 15 is 0 Å². The van der Waals surface area contributed by atoms with E-state index in [0.29, 0.717) is 11.1 Å². The lowest BCUT2D eigenvalue weighted by Crippen LogP contribution is -2.32. The molecule has 2 aromatic rings. The molecule has 1 unspecified atom stereocenters. The number of aryl methyl sites for hydroxylation is 2. The molecule has 0 bridgehead atoms. The summed E-state index contributed by atoms with van der Waals surface area (Å²) in [6.07, 6.45) is -4.61. The highest BCUT2D eigenvalue weighted by molar-refractivity contribution is 7.89. The average Bonchev–Trinajstić information content (AvgIpc) is 2.60. The summed E-state index contributed by atoms with van der Waals surface area (Å²) in [6.45, 7) is 4.97. The monoisotopic (exact) mass is 428 g/mol. The molecule has 0 spiro atoms. The molecule has 0 aliphatic rings. The lowest BCUT2D eigenvalue weighted by atomic mass is 10.0. The minimum Gasteiger partial charge on any atom is -0.350 e. The van der Waals surface area contributed by atoms with Crippen LogP contribution in [0, 0.1) is 13.8 Å². The van der Waals surface area contributed by atoms with Crippen molar-refractivity contribution in [1.29, 1.82) is 0 Å². The molecule has 0 saturated heterocycles. The van der Waals surface area contributed by atoms with E-state index < -0.39 is 33.7 Å². The Balaban J connectivity index is 1.93. The van der Waals surface area contributed by atoms with Crippen LogP contribution < -0.4 is 10.0 Å². The number of hydrogen-bond donors (Lipinski definition) is 2. The van der Waals surface area contributed by atoms with E-state index in [1.54, 1.807) is 26.0 Å². The summed E-state index contributed by atoms with van der Waals surface area (Å²) in [6, 6.07) is 8.99. The van der Waals surface area contributed by atoms with Gasteiger partial charge in [-0.3, -0.25) is 4.79 Å². The molecule has 9 heteroatoms. The minimum atomic E-state index is -4.47. The first-order valence-corrected chi connectivity index (χ1v) is 10.4. The first-order valence-electron chi connectivity index (χ1n) is 8.93. The van der Waals surface area contributed by atoms with Crippen molar-refractivity contribution < 1.29 is 26.4 Å². The molecule has 2 aromatic carbocycles. The molecule has 29 heavy (non-hydrogen) atoms. The van der Waals surface area contributed by atoms with Gasteiger partial charge in [-0.15, -0.1) is 0 Å². The molecular formula is C20H23F3N2O3S. The van der Waals surface area contributed by atoms with Gasteiger partial charge in [0.25, 0.3) is 0 Å². The smallest absolute Gasteiger partial charge is 0.350 e. The summed E-state index contributed by atoms with van der Waals surface area (Å²) >= 11 is 0. The summed E-state index contributed by atoms with van der Waals surface area (Å²) in [5.74, 6) is -0.474. The molecular weight excluding hydrogens is 405 g/mol. The van der Waals surface area contributed by atoms with Crippen molar-refractivity contribution >= 4 is 15.9 Å². The van der Waals surface area contributed by atoms with Crippen molar-refractivity contribution in [2.75, 3.05) is 6.54 Å². The average molecular weight is 428 g/mol. The highest BCUT2D eigenvalue weighted by Gasteiger charge is 2.30. The van der Waals surface area contributed by atoms with Gasteiger partial charge in [0.2, 0.25) is 15.9 Å². The maximum Gasteiger partial charge on any atom is 0.416 e. The van der Waals surface area contributed by atoms with Gasteiger partial charge in [-0.2, -0.15) is 13.2 Å². The molecule has 1 amide bonds. The Hall–Kier alpha value is -2.39. The Morgan fingerprint density at radius 2 is 1.79 bits per heavy atom. The van der Waals surface area contributed by atoms with Crippen LogP contribution in [0.1, 0.15) is 41.6 Å². The number of carbonyl (C=O) groups excluding carboxylic acids is 1. The van der Waals surface area contributed by atoms with Crippen LogP contribution in [0.2, 0.25) is 0 Å². The van der Waals surface area contributed by atoms with Crippen LogP contribution in [0.3, 0.4) is 0 Å². The molecule has 2 N–H and O–H groups in total. The topological polar surface area (TPSA) is 75.3 Å². The van der Waals surface area contributed by atoms with Crippen LogP contribution in [0.4, 0.5) is 13.2 Å². The molecule has 2 rings (SSSR count). The Kier molecular flexibility index (Phi) is 7.07. The molecule has 0 radical (unpaired) electrons. The zero-order valence-electron chi connectivity index (χ0n) is 16.3. The van der Waals surface area contributed by atoms with Crippen molar-refractivity contribution in [3.05, 3.63) is 64.7 Å². The van der Waals surface area contributed by atoms with Gasteiger partial charge in [0.1, 0.15) is 0 Å². The van der Waals surface area contributed by atoms with Crippen molar-refractivity contribution in [3.8, 4) is 0 Å². The van der Waals surface area contributed by atoms with Crippen LogP contribution in [0.15, 0.2) is 47.4 Å². The quantitative estimate of drug-likeness (QED) is 0.703. The van der Waals surface area contributed by atoms with E-state index in [4.69, 9.17) is 0 Å². The predicted octanol–water partition coefficient (Wildman–Crippen LogP) is 3.87. The van der Waals surface area contributed by atoms with Gasteiger partial charge in [-0.25, -0.2) is 13.1 Å². The summed E-state index contributed by atoms with van der Waals surface area (Å²) in [5.41, 5.74) is 1.05. The number of nitrogens with one attached hydrogen (secondary N) is 2. The van der Waals surface area contributed by atoms with Crippen LogP contribution in [0.5, 0.6) is 0 Å². The number of sulfonamides is 1. The molecule has 1 atom stereocenters. The van der Waals surface area contributed by atoms with Crippen LogP contribution in [-0.2, 0) is 21.0 Å². The van der Waals surface area contributed by atoms with Gasteiger partial charge in [0.15, 0.2) is 0 Å². The number of rotatable bonds is 7. The van der Waals surface area contributed by atoms with Crippen molar-refractivity contribution in [2.45, 2.75) is 44.3 Å². The van der Waals surface area contributed by atoms with Gasteiger partial charge >= 0.3 is 6.18 Å². The largest absolute Gasteiger partial charge is 0.416 e. The highest BCUT2D eigenvalue weighted by Crippen LogP contribution is 2.30. The van der Waals surface area contributed by atoms with E-state index in [9.17, 15) is 26.4 Å². The lowest BCUT2D eigenvalue weighted by Gasteiger charge is -2.16. The third-order valence-corrected chi connectivity index (χ3v) is 5.98. The van der Waals surface area contributed by atoms with Gasteiger partial charge in [-0.1, -0.05) is 29.8 Å². The maximum absolute atomic E-state index is 12.8. The fourth-order valence-corrected chi connectivity index (χ4v) is 4.12. The molecule has 0 saturated carbocycles. The number of benzene rings is 2. The number of carbonyl (C=O) groups is 1. The van der Waals surface area contributed by atoms with Crippen LogP contribution >= 0.6 is 0 Å². The first-order chi connectivity index (χ1) is 13.4. The second-order valence-corrected chi connectivity index (χ2v) is 8.56. The molecule has 0 fully saturated rings. The lowest BCUT2D eigenvalue weighted by molar-refractivity contribution is -0.137. The second-order valence-electron chi connectivity index (χ2n) is 6.83. The van der Waals surface area contributed by atoms with E-state index in [2.05, 4.69) is 10.0 Å².